The van der Waals surface area contributed by atoms with Crippen molar-refractivity contribution in [3.05, 3.63) is 29.8 Å². The molecule has 31 heavy (non-hydrogen) atoms. The zero-order valence-corrected chi connectivity index (χ0v) is 22.5. The Bertz CT molecular complexity index is 821. The molecule has 1 aromatic rings. The summed E-state index contributed by atoms with van der Waals surface area (Å²) in [6.45, 7) is 10.4. The number of hydrogen-bond donors (Lipinski definition) is 3. The van der Waals surface area contributed by atoms with Gasteiger partial charge >= 0.3 is 6.09 Å². The third-order valence-corrected chi connectivity index (χ3v) is 6.14. The van der Waals surface area contributed by atoms with Crippen LogP contribution in [0.15, 0.2) is 34.2 Å². The van der Waals surface area contributed by atoms with E-state index in [1.165, 1.54) is 4.31 Å². The van der Waals surface area contributed by atoms with Gasteiger partial charge in [0.15, 0.2) is 5.96 Å². The van der Waals surface area contributed by atoms with Crippen molar-refractivity contribution in [2.75, 3.05) is 27.2 Å². The molecule has 0 unspecified atom stereocenters. The van der Waals surface area contributed by atoms with E-state index in [9.17, 15) is 13.2 Å². The van der Waals surface area contributed by atoms with E-state index >= 15 is 0 Å². The molecular formula is C20H36IN5O4S. The fraction of sp³-hybridized carbons (Fsp3) is 0.600. The van der Waals surface area contributed by atoms with Crippen molar-refractivity contribution < 1.29 is 17.9 Å². The van der Waals surface area contributed by atoms with E-state index < -0.39 is 21.7 Å². The summed E-state index contributed by atoms with van der Waals surface area (Å²) in [7, 11) is -0.273. The van der Waals surface area contributed by atoms with Gasteiger partial charge < -0.3 is 20.7 Å². The van der Waals surface area contributed by atoms with Crippen LogP contribution >= 0.6 is 24.0 Å². The highest BCUT2D eigenvalue weighted by atomic mass is 127. The molecule has 0 saturated heterocycles. The lowest BCUT2D eigenvalue weighted by Crippen LogP contribution is -2.42. The molecule has 0 aliphatic heterocycles. The number of hydrogen-bond acceptors (Lipinski definition) is 5. The van der Waals surface area contributed by atoms with E-state index in [1.807, 2.05) is 13.8 Å². The standard InChI is InChI=1S/C20H35N5O4S.HI/c1-15(2)25(7)30(27,28)17-10-8-16(9-11-17)14-24-18(21-6)22-12-13-23-19(26)29-20(3,4)5;/h8-11,15H,12-14H2,1-7H3,(H,23,26)(H2,21,22,24);1H. The summed E-state index contributed by atoms with van der Waals surface area (Å²) in [4.78, 5) is 16.0. The third-order valence-electron chi connectivity index (χ3n) is 4.10. The fourth-order valence-corrected chi connectivity index (χ4v) is 3.66. The van der Waals surface area contributed by atoms with Crippen molar-refractivity contribution in [3.8, 4) is 0 Å². The Kier molecular flexibility index (Phi) is 12.4. The molecule has 3 N–H and O–H groups in total. The molecule has 0 heterocycles. The highest BCUT2D eigenvalue weighted by Crippen LogP contribution is 2.17. The van der Waals surface area contributed by atoms with Gasteiger partial charge in [0.05, 0.1) is 4.90 Å². The minimum Gasteiger partial charge on any atom is -0.444 e. The van der Waals surface area contributed by atoms with Crippen LogP contribution < -0.4 is 16.0 Å². The molecule has 1 rings (SSSR count). The summed E-state index contributed by atoms with van der Waals surface area (Å²) in [5.74, 6) is 0.567. The van der Waals surface area contributed by atoms with Crippen molar-refractivity contribution in [1.82, 2.24) is 20.3 Å². The largest absolute Gasteiger partial charge is 0.444 e. The van der Waals surface area contributed by atoms with Crippen LogP contribution in [0, 0.1) is 0 Å². The van der Waals surface area contributed by atoms with Crippen LogP contribution in [-0.4, -0.2) is 63.6 Å². The number of benzene rings is 1. The molecule has 0 aromatic heterocycles. The van der Waals surface area contributed by atoms with Gasteiger partial charge in [0.2, 0.25) is 10.0 Å². The van der Waals surface area contributed by atoms with Gasteiger partial charge in [0, 0.05) is 39.8 Å². The third kappa shape index (κ3) is 10.5. The number of rotatable bonds is 8. The molecule has 0 spiro atoms. The maximum atomic E-state index is 12.5. The number of carbonyl (C=O) groups is 1. The first kappa shape index (κ1) is 29.4. The lowest BCUT2D eigenvalue weighted by Gasteiger charge is -2.21. The summed E-state index contributed by atoms with van der Waals surface area (Å²) in [5, 5.41) is 8.90. The van der Waals surface area contributed by atoms with Gasteiger partial charge in [-0.1, -0.05) is 12.1 Å². The molecule has 0 aliphatic carbocycles. The Balaban J connectivity index is 0.00000900. The topological polar surface area (TPSA) is 112 Å². The average Bonchev–Trinajstić information content (AvgIpc) is 2.65. The van der Waals surface area contributed by atoms with Gasteiger partial charge in [-0.3, -0.25) is 4.99 Å². The molecule has 1 aromatic carbocycles. The molecule has 0 saturated carbocycles. The zero-order chi connectivity index (χ0) is 22.9. The predicted octanol–water partition coefficient (Wildman–Crippen LogP) is 2.52. The van der Waals surface area contributed by atoms with E-state index in [1.54, 1.807) is 59.1 Å². The quantitative estimate of drug-likeness (QED) is 0.192. The van der Waals surface area contributed by atoms with Crippen LogP contribution in [0.2, 0.25) is 0 Å². The zero-order valence-electron chi connectivity index (χ0n) is 19.4. The molecule has 0 aliphatic rings. The van der Waals surface area contributed by atoms with Crippen LogP contribution in [0.4, 0.5) is 4.79 Å². The monoisotopic (exact) mass is 569 g/mol. The molecule has 9 nitrogen and oxygen atoms in total. The molecular weight excluding hydrogens is 533 g/mol. The Morgan fingerprint density at radius 2 is 1.65 bits per heavy atom. The smallest absolute Gasteiger partial charge is 0.407 e. The summed E-state index contributed by atoms with van der Waals surface area (Å²) in [6, 6.07) is 6.63. The van der Waals surface area contributed by atoms with Crippen molar-refractivity contribution in [1.29, 1.82) is 0 Å². The van der Waals surface area contributed by atoms with Gasteiger partial charge in [0.25, 0.3) is 0 Å². The van der Waals surface area contributed by atoms with Gasteiger partial charge in [-0.2, -0.15) is 4.31 Å². The summed E-state index contributed by atoms with van der Waals surface area (Å²) in [6.07, 6.45) is -0.467. The Labute approximate surface area is 203 Å². The lowest BCUT2D eigenvalue weighted by atomic mass is 10.2. The van der Waals surface area contributed by atoms with Crippen molar-refractivity contribution >= 4 is 46.1 Å². The number of carbonyl (C=O) groups excluding carboxylic acids is 1. The fourth-order valence-electron chi connectivity index (χ4n) is 2.29. The van der Waals surface area contributed by atoms with Crippen molar-refractivity contribution in [3.63, 3.8) is 0 Å². The second-order valence-corrected chi connectivity index (χ2v) is 10.0. The number of amides is 1. The van der Waals surface area contributed by atoms with Crippen molar-refractivity contribution in [2.24, 2.45) is 4.99 Å². The SMILES string of the molecule is CN=C(NCCNC(=O)OC(C)(C)C)NCc1ccc(S(=O)(=O)N(C)C(C)C)cc1.I. The highest BCUT2D eigenvalue weighted by molar-refractivity contribution is 14.0. The van der Waals surface area contributed by atoms with E-state index in [4.69, 9.17) is 4.74 Å². The minimum atomic E-state index is -3.49. The first-order chi connectivity index (χ1) is 13.9. The number of aliphatic imine (C=N–C) groups is 1. The molecule has 0 atom stereocenters. The Morgan fingerprint density at radius 1 is 1.10 bits per heavy atom. The number of guanidine groups is 1. The number of alkyl carbamates (subject to hydrolysis) is 1. The number of ether oxygens (including phenoxy) is 1. The van der Waals surface area contributed by atoms with E-state index in [0.29, 0.717) is 25.6 Å². The molecule has 11 heteroatoms. The summed E-state index contributed by atoms with van der Waals surface area (Å²) < 4.78 is 31.5. The first-order valence-corrected chi connectivity index (χ1v) is 11.3. The minimum absolute atomic E-state index is 0. The van der Waals surface area contributed by atoms with Gasteiger partial charge in [0.1, 0.15) is 5.60 Å². The molecule has 1 amide bonds. The number of nitrogens with one attached hydrogen (secondary N) is 3. The van der Waals surface area contributed by atoms with Crippen LogP contribution in [0.25, 0.3) is 0 Å². The number of halogens is 1. The van der Waals surface area contributed by atoms with Crippen LogP contribution in [0.5, 0.6) is 0 Å². The molecule has 0 radical (unpaired) electrons. The van der Waals surface area contributed by atoms with Gasteiger partial charge in [-0.15, -0.1) is 24.0 Å². The molecule has 0 bridgehead atoms. The van der Waals surface area contributed by atoms with E-state index in [2.05, 4.69) is 20.9 Å². The molecule has 0 fully saturated rings. The first-order valence-electron chi connectivity index (χ1n) is 9.85. The maximum Gasteiger partial charge on any atom is 0.407 e. The number of sulfonamides is 1. The van der Waals surface area contributed by atoms with Crippen LogP contribution in [-0.2, 0) is 21.3 Å². The second kappa shape index (κ2) is 13.1. The molecule has 178 valence electrons. The number of nitrogens with zero attached hydrogens (tertiary/aromatic N) is 2. The van der Waals surface area contributed by atoms with E-state index in [0.717, 1.165) is 5.56 Å². The normalized spacial score (nSPS) is 12.4. The Hall–Kier alpha value is -1.60. The van der Waals surface area contributed by atoms with Crippen LogP contribution in [0.1, 0.15) is 40.2 Å². The summed E-state index contributed by atoms with van der Waals surface area (Å²) >= 11 is 0. The maximum absolute atomic E-state index is 12.5. The van der Waals surface area contributed by atoms with Crippen LogP contribution in [0.3, 0.4) is 0 Å². The lowest BCUT2D eigenvalue weighted by molar-refractivity contribution is 0.0529. The van der Waals surface area contributed by atoms with Crippen molar-refractivity contribution in [2.45, 2.75) is 57.7 Å². The Morgan fingerprint density at radius 3 is 2.13 bits per heavy atom. The summed E-state index contributed by atoms with van der Waals surface area (Å²) in [5.41, 5.74) is 0.379. The second-order valence-electron chi connectivity index (χ2n) is 8.04. The van der Waals surface area contributed by atoms with Gasteiger partial charge in [-0.05, 0) is 52.3 Å². The van der Waals surface area contributed by atoms with E-state index in [-0.39, 0.29) is 34.9 Å². The van der Waals surface area contributed by atoms with Gasteiger partial charge in [-0.25, -0.2) is 13.2 Å². The predicted molar refractivity (Wildman–Crippen MR) is 134 cm³/mol. The average molecular weight is 570 g/mol. The highest BCUT2D eigenvalue weighted by Gasteiger charge is 2.22.